The van der Waals surface area contributed by atoms with E-state index < -0.39 is 54.2 Å². The maximum absolute atomic E-state index is 11.4. The summed E-state index contributed by atoms with van der Waals surface area (Å²) in [5.41, 5.74) is -1.17. The van der Waals surface area contributed by atoms with Gasteiger partial charge in [0.15, 0.2) is 24.1 Å². The van der Waals surface area contributed by atoms with Crippen molar-refractivity contribution < 1.29 is 43.2 Å². The average molecular weight is 369 g/mol. The van der Waals surface area contributed by atoms with E-state index in [1.54, 1.807) is 0 Å². The number of carbonyl (C=O) groups is 3. The molecular weight excluding hydrogens is 348 g/mol. The van der Waals surface area contributed by atoms with Crippen molar-refractivity contribution in [3.63, 3.8) is 0 Å². The molecule has 1 saturated heterocycles. The summed E-state index contributed by atoms with van der Waals surface area (Å²) >= 11 is 6.07. The minimum Gasteiger partial charge on any atom is -0.463 e. The zero-order valence-electron chi connectivity index (χ0n) is 13.8. The number of alkyl halides is 1. The summed E-state index contributed by atoms with van der Waals surface area (Å²) in [4.78, 5) is 33.7. The van der Waals surface area contributed by atoms with Gasteiger partial charge in [-0.3, -0.25) is 14.4 Å². The predicted octanol–water partition coefficient (Wildman–Crippen LogP) is 0.100. The number of aliphatic hydroxyl groups is 1. The molecule has 9 nitrogen and oxygen atoms in total. The molecule has 1 rings (SSSR count). The van der Waals surface area contributed by atoms with Crippen LogP contribution in [0.5, 0.6) is 0 Å². The molecule has 0 bridgehead atoms. The largest absolute Gasteiger partial charge is 0.463 e. The van der Waals surface area contributed by atoms with Gasteiger partial charge in [-0.15, -0.1) is 0 Å². The van der Waals surface area contributed by atoms with E-state index in [1.165, 1.54) is 13.8 Å². The first kappa shape index (κ1) is 20.6. The van der Waals surface area contributed by atoms with Crippen LogP contribution in [-0.2, 0) is 38.1 Å². The molecule has 6 atom stereocenters. The summed E-state index contributed by atoms with van der Waals surface area (Å²) in [7, 11) is 0. The van der Waals surface area contributed by atoms with Crippen LogP contribution in [0.25, 0.3) is 0 Å². The van der Waals surface area contributed by atoms with Crippen molar-refractivity contribution in [2.75, 3.05) is 6.61 Å². The number of rotatable bonds is 6. The van der Waals surface area contributed by atoms with E-state index in [9.17, 15) is 19.5 Å². The van der Waals surface area contributed by atoms with Crippen LogP contribution in [0.3, 0.4) is 0 Å². The Labute approximate surface area is 144 Å². The Morgan fingerprint density at radius 1 is 1.04 bits per heavy atom. The van der Waals surface area contributed by atoms with Crippen LogP contribution in [0.4, 0.5) is 0 Å². The van der Waals surface area contributed by atoms with E-state index in [0.717, 1.165) is 13.8 Å². The van der Waals surface area contributed by atoms with E-state index >= 15 is 0 Å². The average Bonchev–Trinajstić information content (AvgIpc) is 2.42. The minimum absolute atomic E-state index is 0.250. The molecule has 10 heteroatoms. The van der Waals surface area contributed by atoms with E-state index in [4.69, 9.17) is 35.3 Å². The Hall–Kier alpha value is -1.42. The van der Waals surface area contributed by atoms with Gasteiger partial charge in [0.2, 0.25) is 0 Å². The maximum atomic E-state index is 11.4. The van der Waals surface area contributed by atoms with Crippen molar-refractivity contribution in [2.24, 2.45) is 0 Å². The first-order chi connectivity index (χ1) is 11.1. The monoisotopic (exact) mass is 368 g/mol. The molecule has 1 heterocycles. The van der Waals surface area contributed by atoms with Crippen molar-refractivity contribution >= 4 is 29.5 Å². The highest BCUT2D eigenvalue weighted by Gasteiger charge is 2.50. The van der Waals surface area contributed by atoms with Gasteiger partial charge in [-0.25, -0.2) is 0 Å². The van der Waals surface area contributed by atoms with Crippen molar-refractivity contribution in [1.82, 2.24) is 0 Å². The molecule has 0 aromatic heterocycles. The lowest BCUT2D eigenvalue weighted by Crippen LogP contribution is -2.61. The second kappa shape index (κ2) is 9.16. The van der Waals surface area contributed by atoms with Gasteiger partial charge >= 0.3 is 17.9 Å². The van der Waals surface area contributed by atoms with Crippen LogP contribution >= 0.6 is 11.6 Å². The smallest absolute Gasteiger partial charge is 0.303 e. The van der Waals surface area contributed by atoms with Crippen molar-refractivity contribution in [3.05, 3.63) is 0 Å². The summed E-state index contributed by atoms with van der Waals surface area (Å²) in [6, 6.07) is 0. The van der Waals surface area contributed by atoms with E-state index in [0.29, 0.717) is 0 Å². The molecule has 0 radical (unpaired) electrons. The number of aliphatic hydroxyl groups excluding tert-OH is 1. The molecule has 1 N–H and O–H groups in total. The topological polar surface area (TPSA) is 118 Å². The van der Waals surface area contributed by atoms with Gasteiger partial charge in [0, 0.05) is 20.8 Å². The predicted molar refractivity (Wildman–Crippen MR) is 78.8 cm³/mol. The van der Waals surface area contributed by atoms with Crippen LogP contribution in [-0.4, -0.2) is 65.9 Å². The lowest BCUT2D eigenvalue weighted by Gasteiger charge is -2.43. The SMILES string of the molecule is CC(=O)OCC1O[C@@H](Cl)C(OC(C)=O)C(OC(C)=O)[C@H]1OC(C)O. The molecule has 1 fully saturated rings. The third-order valence-electron chi connectivity index (χ3n) is 2.99. The van der Waals surface area contributed by atoms with Gasteiger partial charge < -0.3 is 28.8 Å². The highest BCUT2D eigenvalue weighted by molar-refractivity contribution is 6.20. The molecule has 0 aromatic rings. The van der Waals surface area contributed by atoms with Crippen molar-refractivity contribution in [1.29, 1.82) is 0 Å². The minimum atomic E-state index is -1.25. The summed E-state index contributed by atoms with van der Waals surface area (Å²) in [6.07, 6.45) is -5.58. The molecular formula is C14H21ClO9. The molecule has 0 spiro atoms. The zero-order valence-corrected chi connectivity index (χ0v) is 14.5. The number of esters is 3. The van der Waals surface area contributed by atoms with Crippen LogP contribution in [0.15, 0.2) is 0 Å². The first-order valence-corrected chi connectivity index (χ1v) is 7.66. The number of hydrogen-bond acceptors (Lipinski definition) is 9. The lowest BCUT2D eigenvalue weighted by molar-refractivity contribution is -0.267. The van der Waals surface area contributed by atoms with Crippen molar-refractivity contribution in [2.45, 2.75) is 64.0 Å². The maximum Gasteiger partial charge on any atom is 0.303 e. The van der Waals surface area contributed by atoms with Crippen LogP contribution in [0.1, 0.15) is 27.7 Å². The lowest BCUT2D eigenvalue weighted by atomic mass is 9.99. The number of halogens is 1. The second-order valence-corrected chi connectivity index (χ2v) is 5.61. The summed E-state index contributed by atoms with van der Waals surface area (Å²) in [6.45, 7) is 4.60. The number of ether oxygens (including phenoxy) is 5. The van der Waals surface area contributed by atoms with Gasteiger partial charge in [-0.2, -0.15) is 0 Å². The van der Waals surface area contributed by atoms with Gasteiger partial charge in [-0.1, -0.05) is 11.6 Å². The fourth-order valence-corrected chi connectivity index (χ4v) is 2.56. The zero-order chi connectivity index (χ0) is 18.4. The summed E-state index contributed by atoms with van der Waals surface area (Å²) in [5.74, 6) is -1.90. The first-order valence-electron chi connectivity index (χ1n) is 7.22. The van der Waals surface area contributed by atoms with Gasteiger partial charge in [0.05, 0.1) is 0 Å². The Balaban J connectivity index is 3.08. The van der Waals surface area contributed by atoms with E-state index in [2.05, 4.69) is 0 Å². The van der Waals surface area contributed by atoms with Crippen LogP contribution in [0.2, 0.25) is 0 Å². The fraction of sp³-hybridized carbons (Fsp3) is 0.786. The van der Waals surface area contributed by atoms with E-state index in [1.807, 2.05) is 0 Å². The fourth-order valence-electron chi connectivity index (χ4n) is 2.23. The van der Waals surface area contributed by atoms with Crippen molar-refractivity contribution in [3.8, 4) is 0 Å². The molecule has 138 valence electrons. The number of hydrogen-bond donors (Lipinski definition) is 1. The van der Waals surface area contributed by atoms with E-state index in [-0.39, 0.29) is 6.61 Å². The molecule has 0 amide bonds. The molecule has 1 aliphatic heterocycles. The molecule has 4 unspecified atom stereocenters. The quantitative estimate of drug-likeness (QED) is 0.301. The second-order valence-electron chi connectivity index (χ2n) is 5.18. The third kappa shape index (κ3) is 6.23. The molecule has 0 aromatic carbocycles. The summed E-state index contributed by atoms with van der Waals surface area (Å²) in [5, 5.41) is 9.52. The highest BCUT2D eigenvalue weighted by atomic mass is 35.5. The standard InChI is InChI=1S/C14H21ClO9/c1-6(16)20-5-10-11(21-7(2)17)12(22-8(3)18)13(14(15)24-10)23-9(4)19/h7,10-14,17H,5H2,1-4H3/t7?,10?,11-,12?,13?,14+/m0/s1. The molecule has 0 aliphatic carbocycles. The Bertz CT molecular complexity index is 467. The van der Waals surface area contributed by atoms with Crippen LogP contribution in [0, 0.1) is 0 Å². The molecule has 1 aliphatic rings. The Morgan fingerprint density at radius 2 is 1.58 bits per heavy atom. The van der Waals surface area contributed by atoms with Gasteiger partial charge in [0.1, 0.15) is 18.8 Å². The van der Waals surface area contributed by atoms with Gasteiger partial charge in [-0.05, 0) is 6.92 Å². The third-order valence-corrected chi connectivity index (χ3v) is 3.34. The normalized spacial score (nSPS) is 31.0. The molecule has 0 saturated carbocycles. The highest BCUT2D eigenvalue weighted by Crippen LogP contribution is 2.31. The van der Waals surface area contributed by atoms with Crippen LogP contribution < -0.4 is 0 Å². The Morgan fingerprint density at radius 3 is 2.04 bits per heavy atom. The molecule has 24 heavy (non-hydrogen) atoms. The van der Waals surface area contributed by atoms with Gasteiger partial charge in [0.25, 0.3) is 0 Å². The summed E-state index contributed by atoms with van der Waals surface area (Å²) < 4.78 is 25.9. The Kier molecular flexibility index (Phi) is 7.88. The number of carbonyl (C=O) groups excluding carboxylic acids is 3.